The number of carbonyl (C=O) groups is 1. The summed E-state index contributed by atoms with van der Waals surface area (Å²) in [5.74, 6) is 0.592. The minimum absolute atomic E-state index is 0.0860. The Morgan fingerprint density at radius 3 is 2.88 bits per heavy atom. The van der Waals surface area contributed by atoms with E-state index in [0.29, 0.717) is 12.3 Å². The number of aromatic nitrogens is 1. The SMILES string of the molecule is CCc1nc(NC(=O)CC2CNC2)sc1C. The summed E-state index contributed by atoms with van der Waals surface area (Å²) < 4.78 is 0. The summed E-state index contributed by atoms with van der Waals surface area (Å²) in [7, 11) is 0. The summed E-state index contributed by atoms with van der Waals surface area (Å²) in [6, 6.07) is 0. The van der Waals surface area contributed by atoms with Gasteiger partial charge in [0.15, 0.2) is 5.13 Å². The molecule has 5 heteroatoms. The average molecular weight is 239 g/mol. The van der Waals surface area contributed by atoms with Gasteiger partial charge in [-0.05, 0) is 32.4 Å². The Hall–Kier alpha value is -0.940. The highest BCUT2D eigenvalue weighted by atomic mass is 32.1. The molecule has 1 aromatic rings. The summed E-state index contributed by atoms with van der Waals surface area (Å²) >= 11 is 1.56. The quantitative estimate of drug-likeness (QED) is 0.838. The van der Waals surface area contributed by atoms with Gasteiger partial charge < -0.3 is 10.6 Å². The Kier molecular flexibility index (Phi) is 3.56. The summed E-state index contributed by atoms with van der Waals surface area (Å²) in [6.07, 6.45) is 1.53. The summed E-state index contributed by atoms with van der Waals surface area (Å²) in [4.78, 5) is 17.2. The average Bonchev–Trinajstić information content (AvgIpc) is 2.52. The maximum atomic E-state index is 11.7. The molecule has 4 nitrogen and oxygen atoms in total. The van der Waals surface area contributed by atoms with Crippen molar-refractivity contribution in [3.05, 3.63) is 10.6 Å². The number of nitrogens with one attached hydrogen (secondary N) is 2. The molecule has 0 aliphatic carbocycles. The fourth-order valence-electron chi connectivity index (χ4n) is 1.73. The zero-order chi connectivity index (χ0) is 11.5. The maximum Gasteiger partial charge on any atom is 0.226 e. The van der Waals surface area contributed by atoms with Crippen LogP contribution in [-0.4, -0.2) is 24.0 Å². The van der Waals surface area contributed by atoms with Crippen LogP contribution in [0.5, 0.6) is 0 Å². The summed E-state index contributed by atoms with van der Waals surface area (Å²) in [5.41, 5.74) is 1.09. The van der Waals surface area contributed by atoms with Gasteiger partial charge in [-0.1, -0.05) is 6.92 Å². The molecule has 0 aromatic carbocycles. The van der Waals surface area contributed by atoms with Gasteiger partial charge in [0.1, 0.15) is 0 Å². The fourth-order valence-corrected chi connectivity index (χ4v) is 2.65. The normalized spacial score (nSPS) is 15.9. The lowest BCUT2D eigenvalue weighted by atomic mass is 9.99. The van der Waals surface area contributed by atoms with Crippen LogP contribution >= 0.6 is 11.3 Å². The molecule has 1 aliphatic rings. The van der Waals surface area contributed by atoms with Crippen LogP contribution in [0.4, 0.5) is 5.13 Å². The van der Waals surface area contributed by atoms with Gasteiger partial charge in [-0.25, -0.2) is 4.98 Å². The van der Waals surface area contributed by atoms with Crippen molar-refractivity contribution >= 4 is 22.4 Å². The molecule has 0 unspecified atom stereocenters. The third kappa shape index (κ3) is 2.59. The molecule has 0 atom stereocenters. The van der Waals surface area contributed by atoms with Gasteiger partial charge in [-0.2, -0.15) is 0 Å². The number of aryl methyl sites for hydroxylation is 2. The Labute approximate surface area is 99.5 Å². The first kappa shape index (κ1) is 11.5. The molecule has 1 fully saturated rings. The van der Waals surface area contributed by atoms with E-state index in [4.69, 9.17) is 0 Å². The van der Waals surface area contributed by atoms with E-state index in [1.54, 1.807) is 11.3 Å². The third-order valence-electron chi connectivity index (χ3n) is 2.81. The van der Waals surface area contributed by atoms with Gasteiger partial charge >= 0.3 is 0 Å². The van der Waals surface area contributed by atoms with Crippen molar-refractivity contribution in [2.24, 2.45) is 5.92 Å². The van der Waals surface area contributed by atoms with Gasteiger partial charge in [-0.3, -0.25) is 4.79 Å². The molecule has 2 rings (SSSR count). The Morgan fingerprint density at radius 2 is 2.38 bits per heavy atom. The van der Waals surface area contributed by atoms with E-state index in [1.807, 2.05) is 6.92 Å². The second-order valence-electron chi connectivity index (χ2n) is 4.15. The number of nitrogens with zero attached hydrogens (tertiary/aromatic N) is 1. The number of carbonyl (C=O) groups excluding carboxylic acids is 1. The summed E-state index contributed by atoms with van der Waals surface area (Å²) in [6.45, 7) is 6.05. The van der Waals surface area contributed by atoms with Crippen LogP contribution in [-0.2, 0) is 11.2 Å². The number of rotatable bonds is 4. The van der Waals surface area contributed by atoms with Crippen molar-refractivity contribution < 1.29 is 4.79 Å². The highest BCUT2D eigenvalue weighted by Gasteiger charge is 2.20. The van der Waals surface area contributed by atoms with E-state index < -0.39 is 0 Å². The molecule has 0 spiro atoms. The number of hydrogen-bond donors (Lipinski definition) is 2. The van der Waals surface area contributed by atoms with E-state index >= 15 is 0 Å². The van der Waals surface area contributed by atoms with E-state index in [0.717, 1.165) is 30.3 Å². The molecule has 1 aliphatic heterocycles. The number of anilines is 1. The first-order valence-electron chi connectivity index (χ1n) is 5.66. The first-order valence-corrected chi connectivity index (χ1v) is 6.47. The van der Waals surface area contributed by atoms with Crippen LogP contribution in [0.25, 0.3) is 0 Å². The molecule has 1 saturated heterocycles. The molecule has 0 bridgehead atoms. The van der Waals surface area contributed by atoms with Crippen LogP contribution in [0, 0.1) is 12.8 Å². The fraction of sp³-hybridized carbons (Fsp3) is 0.636. The van der Waals surface area contributed by atoms with Crippen molar-refractivity contribution in [2.45, 2.75) is 26.7 Å². The number of hydrogen-bond acceptors (Lipinski definition) is 4. The Morgan fingerprint density at radius 1 is 1.62 bits per heavy atom. The summed E-state index contributed by atoms with van der Waals surface area (Å²) in [5, 5.41) is 6.78. The minimum atomic E-state index is 0.0860. The van der Waals surface area contributed by atoms with Crippen LogP contribution in [0.3, 0.4) is 0 Å². The number of thiazole rings is 1. The van der Waals surface area contributed by atoms with Gasteiger partial charge in [0.05, 0.1) is 5.69 Å². The van der Waals surface area contributed by atoms with Crippen LogP contribution in [0.15, 0.2) is 0 Å². The van der Waals surface area contributed by atoms with Gasteiger partial charge in [0, 0.05) is 11.3 Å². The lowest BCUT2D eigenvalue weighted by Crippen LogP contribution is -2.43. The number of amides is 1. The Balaban J connectivity index is 1.89. The van der Waals surface area contributed by atoms with Crippen LogP contribution in [0.2, 0.25) is 0 Å². The van der Waals surface area contributed by atoms with Crippen LogP contribution < -0.4 is 10.6 Å². The molecule has 2 heterocycles. The Bertz CT molecular complexity index is 385. The molecule has 2 N–H and O–H groups in total. The molecule has 88 valence electrons. The third-order valence-corrected chi connectivity index (χ3v) is 3.74. The van der Waals surface area contributed by atoms with Crippen molar-refractivity contribution in [1.29, 1.82) is 0 Å². The molecular weight excluding hydrogens is 222 g/mol. The van der Waals surface area contributed by atoms with E-state index in [1.165, 1.54) is 4.88 Å². The predicted octanol–water partition coefficient (Wildman–Crippen LogP) is 1.56. The topological polar surface area (TPSA) is 54.0 Å². The second-order valence-corrected chi connectivity index (χ2v) is 5.36. The largest absolute Gasteiger partial charge is 0.316 e. The maximum absolute atomic E-state index is 11.7. The van der Waals surface area contributed by atoms with Crippen molar-refractivity contribution in [2.75, 3.05) is 18.4 Å². The highest BCUT2D eigenvalue weighted by Crippen LogP contribution is 2.22. The van der Waals surface area contributed by atoms with E-state index in [-0.39, 0.29) is 5.91 Å². The van der Waals surface area contributed by atoms with Gasteiger partial charge in [-0.15, -0.1) is 11.3 Å². The smallest absolute Gasteiger partial charge is 0.226 e. The first-order chi connectivity index (χ1) is 7.69. The molecular formula is C11H17N3OS. The minimum Gasteiger partial charge on any atom is -0.316 e. The van der Waals surface area contributed by atoms with Crippen molar-refractivity contribution in [3.8, 4) is 0 Å². The lowest BCUT2D eigenvalue weighted by molar-refractivity contribution is -0.117. The highest BCUT2D eigenvalue weighted by molar-refractivity contribution is 7.15. The predicted molar refractivity (Wildman–Crippen MR) is 65.8 cm³/mol. The second kappa shape index (κ2) is 4.93. The molecule has 0 saturated carbocycles. The van der Waals surface area contributed by atoms with Crippen LogP contribution in [0.1, 0.15) is 23.9 Å². The zero-order valence-electron chi connectivity index (χ0n) is 9.67. The van der Waals surface area contributed by atoms with E-state index in [9.17, 15) is 4.79 Å². The molecule has 1 amide bonds. The van der Waals surface area contributed by atoms with Gasteiger partial charge in [0.25, 0.3) is 0 Å². The standard InChI is InChI=1S/C11H17N3OS/c1-3-9-7(2)16-11(13-9)14-10(15)4-8-5-12-6-8/h8,12H,3-6H2,1-2H3,(H,13,14,15). The monoisotopic (exact) mass is 239 g/mol. The molecule has 16 heavy (non-hydrogen) atoms. The lowest BCUT2D eigenvalue weighted by Gasteiger charge is -2.26. The van der Waals surface area contributed by atoms with E-state index in [2.05, 4.69) is 22.5 Å². The van der Waals surface area contributed by atoms with Crippen molar-refractivity contribution in [1.82, 2.24) is 10.3 Å². The molecule has 0 radical (unpaired) electrons. The van der Waals surface area contributed by atoms with Gasteiger partial charge in [0.2, 0.25) is 5.91 Å². The van der Waals surface area contributed by atoms with Crippen molar-refractivity contribution in [3.63, 3.8) is 0 Å². The zero-order valence-corrected chi connectivity index (χ0v) is 10.5. The molecule has 1 aromatic heterocycles.